The van der Waals surface area contributed by atoms with Crippen LogP contribution in [0.3, 0.4) is 0 Å². The number of hydrogen-bond acceptors (Lipinski definition) is 4. The molecule has 142 valence electrons. The number of rotatable bonds is 5. The molecule has 1 N–H and O–H groups in total. The summed E-state index contributed by atoms with van der Waals surface area (Å²) in [5, 5.41) is 3.88. The topological polar surface area (TPSA) is 71.5 Å². The van der Waals surface area contributed by atoms with Crippen molar-refractivity contribution in [1.29, 1.82) is 0 Å². The second kappa shape index (κ2) is 7.68. The van der Waals surface area contributed by atoms with Gasteiger partial charge in [-0.15, -0.1) is 0 Å². The molecule has 1 aliphatic rings. The van der Waals surface area contributed by atoms with Gasteiger partial charge in [0.25, 0.3) is 5.91 Å². The van der Waals surface area contributed by atoms with Gasteiger partial charge in [-0.1, -0.05) is 37.3 Å². The van der Waals surface area contributed by atoms with Gasteiger partial charge < -0.3 is 15.0 Å². The first-order valence-corrected chi connectivity index (χ1v) is 9.38. The van der Waals surface area contributed by atoms with Gasteiger partial charge in [-0.2, -0.15) is 0 Å². The Labute approximate surface area is 163 Å². The summed E-state index contributed by atoms with van der Waals surface area (Å²) < 4.78 is 5.77. The molecule has 3 aromatic rings. The van der Waals surface area contributed by atoms with Crippen molar-refractivity contribution in [1.82, 2.24) is 4.98 Å². The Morgan fingerprint density at radius 2 is 1.96 bits per heavy atom. The van der Waals surface area contributed by atoms with Crippen molar-refractivity contribution < 1.29 is 14.3 Å². The summed E-state index contributed by atoms with van der Waals surface area (Å²) in [6.45, 7) is 2.20. The smallest absolute Gasteiger partial charge is 0.268 e. The van der Waals surface area contributed by atoms with Crippen LogP contribution in [0.5, 0.6) is 5.75 Å². The summed E-state index contributed by atoms with van der Waals surface area (Å²) >= 11 is 0. The molecule has 0 radical (unpaired) electrons. The Morgan fingerprint density at radius 1 is 1.14 bits per heavy atom. The lowest BCUT2D eigenvalue weighted by Gasteiger charge is -2.33. The Hall–Kier alpha value is -3.41. The first kappa shape index (κ1) is 18.0. The molecule has 0 aliphatic carbocycles. The summed E-state index contributed by atoms with van der Waals surface area (Å²) in [6, 6.07) is 16.9. The minimum atomic E-state index is -0.514. The third kappa shape index (κ3) is 3.41. The minimum absolute atomic E-state index is 0.110. The van der Waals surface area contributed by atoms with E-state index in [2.05, 4.69) is 10.3 Å². The van der Waals surface area contributed by atoms with Crippen molar-refractivity contribution in [3.63, 3.8) is 0 Å². The fourth-order valence-electron chi connectivity index (χ4n) is 3.40. The van der Waals surface area contributed by atoms with Gasteiger partial charge >= 0.3 is 0 Å². The summed E-state index contributed by atoms with van der Waals surface area (Å²) in [5.41, 5.74) is 2.12. The third-order valence-corrected chi connectivity index (χ3v) is 4.81. The SMILES string of the molecule is CCC1Oc2ccccc2N(CCC(=O)Nc2cccc3cccnc23)C1=O. The Morgan fingerprint density at radius 3 is 2.82 bits per heavy atom. The fraction of sp³-hybridized carbons (Fsp3) is 0.227. The van der Waals surface area contributed by atoms with E-state index in [1.54, 1.807) is 11.1 Å². The van der Waals surface area contributed by atoms with E-state index in [1.165, 1.54) is 0 Å². The third-order valence-electron chi connectivity index (χ3n) is 4.81. The van der Waals surface area contributed by atoms with E-state index < -0.39 is 6.10 Å². The van der Waals surface area contributed by atoms with Crippen molar-refractivity contribution in [2.24, 2.45) is 0 Å². The average molecular weight is 375 g/mol. The number of hydrogen-bond donors (Lipinski definition) is 1. The number of carbonyl (C=O) groups is 2. The van der Waals surface area contributed by atoms with Crippen LogP contribution in [0, 0.1) is 0 Å². The number of nitrogens with zero attached hydrogens (tertiary/aromatic N) is 2. The molecule has 1 aromatic heterocycles. The molecule has 6 heteroatoms. The van der Waals surface area contributed by atoms with E-state index in [4.69, 9.17) is 4.74 Å². The zero-order chi connectivity index (χ0) is 19.5. The molecule has 2 heterocycles. The standard InChI is InChI=1S/C22H21N3O3/c1-2-18-22(27)25(17-10-3-4-11-19(17)28-18)14-12-20(26)24-16-9-5-7-15-8-6-13-23-21(15)16/h3-11,13,18H,2,12,14H2,1H3,(H,24,26). The Bertz CT molecular complexity index is 1030. The van der Waals surface area contributed by atoms with Gasteiger partial charge in [0.1, 0.15) is 5.75 Å². The first-order chi connectivity index (χ1) is 13.7. The average Bonchev–Trinajstić information content (AvgIpc) is 2.73. The maximum absolute atomic E-state index is 12.7. The molecule has 0 fully saturated rings. The molecular formula is C22H21N3O3. The number of para-hydroxylation sites is 3. The number of nitrogens with one attached hydrogen (secondary N) is 1. The van der Waals surface area contributed by atoms with E-state index in [9.17, 15) is 9.59 Å². The number of ether oxygens (including phenoxy) is 1. The summed E-state index contributed by atoms with van der Waals surface area (Å²) in [7, 11) is 0. The normalized spacial score (nSPS) is 15.8. The van der Waals surface area contributed by atoms with Gasteiger partial charge in [-0.05, 0) is 30.7 Å². The second-order valence-corrected chi connectivity index (χ2v) is 6.65. The molecule has 1 atom stereocenters. The molecule has 2 amide bonds. The number of carbonyl (C=O) groups excluding carboxylic acids is 2. The van der Waals surface area contributed by atoms with E-state index in [1.807, 2.05) is 61.5 Å². The maximum atomic E-state index is 12.7. The van der Waals surface area contributed by atoms with Gasteiger partial charge in [0.2, 0.25) is 5.91 Å². The van der Waals surface area contributed by atoms with E-state index in [0.29, 0.717) is 30.1 Å². The molecule has 1 unspecified atom stereocenters. The molecule has 0 saturated heterocycles. The lowest BCUT2D eigenvalue weighted by atomic mass is 10.1. The number of amides is 2. The zero-order valence-corrected chi connectivity index (χ0v) is 15.6. The maximum Gasteiger partial charge on any atom is 0.268 e. The number of aromatic nitrogens is 1. The summed E-state index contributed by atoms with van der Waals surface area (Å²) in [6.07, 6.45) is 1.95. The number of pyridine rings is 1. The van der Waals surface area contributed by atoms with Gasteiger partial charge in [0, 0.05) is 24.5 Å². The largest absolute Gasteiger partial charge is 0.478 e. The fourth-order valence-corrected chi connectivity index (χ4v) is 3.40. The number of benzene rings is 2. The molecule has 4 rings (SSSR count). The first-order valence-electron chi connectivity index (χ1n) is 9.38. The van der Waals surface area contributed by atoms with Crippen LogP contribution in [0.2, 0.25) is 0 Å². The highest BCUT2D eigenvalue weighted by atomic mass is 16.5. The highest BCUT2D eigenvalue weighted by Gasteiger charge is 2.33. The van der Waals surface area contributed by atoms with Gasteiger partial charge in [-0.25, -0.2) is 0 Å². The molecule has 0 spiro atoms. The Kier molecular flexibility index (Phi) is 4.93. The van der Waals surface area contributed by atoms with Gasteiger partial charge in [-0.3, -0.25) is 14.6 Å². The molecule has 0 bridgehead atoms. The van der Waals surface area contributed by atoms with Crippen molar-refractivity contribution in [2.45, 2.75) is 25.9 Å². The summed E-state index contributed by atoms with van der Waals surface area (Å²) in [4.78, 5) is 31.3. The summed E-state index contributed by atoms with van der Waals surface area (Å²) in [5.74, 6) is 0.399. The van der Waals surface area contributed by atoms with Crippen LogP contribution in [-0.4, -0.2) is 29.4 Å². The van der Waals surface area contributed by atoms with Crippen LogP contribution in [0.15, 0.2) is 60.8 Å². The van der Waals surface area contributed by atoms with Crippen molar-refractivity contribution >= 4 is 34.1 Å². The van der Waals surface area contributed by atoms with Crippen LogP contribution in [-0.2, 0) is 9.59 Å². The van der Waals surface area contributed by atoms with Crippen LogP contribution in [0.25, 0.3) is 10.9 Å². The minimum Gasteiger partial charge on any atom is -0.478 e. The van der Waals surface area contributed by atoms with Crippen LogP contribution >= 0.6 is 0 Å². The second-order valence-electron chi connectivity index (χ2n) is 6.65. The molecule has 6 nitrogen and oxygen atoms in total. The highest BCUT2D eigenvalue weighted by molar-refractivity contribution is 6.02. The predicted octanol–water partition coefficient (Wildman–Crippen LogP) is 3.77. The van der Waals surface area contributed by atoms with E-state index in [0.717, 1.165) is 10.9 Å². The lowest BCUT2D eigenvalue weighted by Crippen LogP contribution is -2.46. The van der Waals surface area contributed by atoms with Crippen LogP contribution in [0.4, 0.5) is 11.4 Å². The Balaban J connectivity index is 1.49. The molecular weight excluding hydrogens is 354 g/mol. The van der Waals surface area contributed by atoms with Crippen molar-refractivity contribution in [3.8, 4) is 5.75 Å². The quantitative estimate of drug-likeness (QED) is 0.737. The van der Waals surface area contributed by atoms with Crippen molar-refractivity contribution in [2.75, 3.05) is 16.8 Å². The molecule has 2 aromatic carbocycles. The predicted molar refractivity (Wildman–Crippen MR) is 108 cm³/mol. The molecule has 0 saturated carbocycles. The monoisotopic (exact) mass is 375 g/mol. The molecule has 1 aliphatic heterocycles. The number of anilines is 2. The lowest BCUT2D eigenvalue weighted by molar-refractivity contribution is -0.126. The molecule has 28 heavy (non-hydrogen) atoms. The number of fused-ring (bicyclic) bond motifs is 2. The van der Waals surface area contributed by atoms with E-state index in [-0.39, 0.29) is 18.2 Å². The van der Waals surface area contributed by atoms with Gasteiger partial charge in [0.05, 0.1) is 16.9 Å². The highest BCUT2D eigenvalue weighted by Crippen LogP contribution is 2.34. The van der Waals surface area contributed by atoms with E-state index >= 15 is 0 Å². The van der Waals surface area contributed by atoms with Gasteiger partial charge in [0.15, 0.2) is 6.10 Å². The zero-order valence-electron chi connectivity index (χ0n) is 15.6. The van der Waals surface area contributed by atoms with Crippen molar-refractivity contribution in [3.05, 3.63) is 60.8 Å². The van der Waals surface area contributed by atoms with Crippen LogP contribution in [0.1, 0.15) is 19.8 Å². The van der Waals surface area contributed by atoms with Crippen LogP contribution < -0.4 is 15.0 Å².